The van der Waals surface area contributed by atoms with Gasteiger partial charge < -0.3 is 14.8 Å². The molecule has 1 atom stereocenters. The van der Waals surface area contributed by atoms with Gasteiger partial charge in [-0.25, -0.2) is 0 Å². The molecule has 0 saturated heterocycles. The van der Waals surface area contributed by atoms with Crippen LogP contribution in [0.2, 0.25) is 0 Å². The third-order valence-corrected chi connectivity index (χ3v) is 3.64. The van der Waals surface area contributed by atoms with Gasteiger partial charge in [-0.3, -0.25) is 4.79 Å². The summed E-state index contributed by atoms with van der Waals surface area (Å²) in [6.07, 6.45) is 0.0334. The molecule has 2 aromatic rings. The van der Waals surface area contributed by atoms with Crippen LogP contribution in [0.5, 0.6) is 11.5 Å². The predicted molar refractivity (Wildman–Crippen MR) is 90.5 cm³/mol. The van der Waals surface area contributed by atoms with Crippen molar-refractivity contribution in [1.29, 1.82) is 0 Å². The topological polar surface area (TPSA) is 47.6 Å². The first-order valence-corrected chi connectivity index (χ1v) is 7.79. The highest BCUT2D eigenvalue weighted by atomic mass is 79.9. The molecule has 0 aliphatic carbocycles. The van der Waals surface area contributed by atoms with Crippen LogP contribution in [-0.4, -0.2) is 19.1 Å². The molecule has 0 saturated carbocycles. The van der Waals surface area contributed by atoms with Crippen molar-refractivity contribution < 1.29 is 14.3 Å². The minimum atomic E-state index is -0.544. The van der Waals surface area contributed by atoms with Crippen LogP contribution < -0.4 is 14.8 Å². The van der Waals surface area contributed by atoms with Gasteiger partial charge in [0, 0.05) is 10.2 Å². The molecule has 2 rings (SSSR count). The van der Waals surface area contributed by atoms with E-state index in [1.54, 1.807) is 31.4 Å². The highest BCUT2D eigenvalue weighted by Crippen LogP contribution is 2.20. The molecular formula is C17H18BrNO3. The van der Waals surface area contributed by atoms with Gasteiger partial charge in [0.05, 0.1) is 7.11 Å². The summed E-state index contributed by atoms with van der Waals surface area (Å²) in [7, 11) is 1.61. The SMILES string of the molecule is CC[C@H](Oc1ccc(OC)cc1)C(=O)Nc1ccc(Br)cc1. The zero-order valence-electron chi connectivity index (χ0n) is 12.5. The van der Waals surface area contributed by atoms with Crippen LogP contribution in [0.25, 0.3) is 0 Å². The van der Waals surface area contributed by atoms with Gasteiger partial charge >= 0.3 is 0 Å². The summed E-state index contributed by atoms with van der Waals surface area (Å²) in [5.41, 5.74) is 0.741. The number of methoxy groups -OCH3 is 1. The maximum absolute atomic E-state index is 12.3. The van der Waals surface area contributed by atoms with E-state index >= 15 is 0 Å². The fourth-order valence-corrected chi connectivity index (χ4v) is 2.16. The Morgan fingerprint density at radius 2 is 1.68 bits per heavy atom. The lowest BCUT2D eigenvalue weighted by Crippen LogP contribution is -2.32. The van der Waals surface area contributed by atoms with Gasteiger partial charge in [-0.2, -0.15) is 0 Å². The van der Waals surface area contributed by atoms with Crippen LogP contribution in [0.4, 0.5) is 5.69 Å². The summed E-state index contributed by atoms with van der Waals surface area (Å²) >= 11 is 3.36. The van der Waals surface area contributed by atoms with Crippen molar-refractivity contribution in [1.82, 2.24) is 0 Å². The third kappa shape index (κ3) is 4.49. The Morgan fingerprint density at radius 1 is 1.09 bits per heavy atom. The van der Waals surface area contributed by atoms with Crippen LogP contribution in [0.1, 0.15) is 13.3 Å². The molecule has 0 bridgehead atoms. The number of amides is 1. The third-order valence-electron chi connectivity index (χ3n) is 3.11. The van der Waals surface area contributed by atoms with E-state index in [1.807, 2.05) is 31.2 Å². The molecule has 2 aromatic carbocycles. The van der Waals surface area contributed by atoms with Crippen molar-refractivity contribution >= 4 is 27.5 Å². The molecule has 0 aliphatic heterocycles. The minimum Gasteiger partial charge on any atom is -0.497 e. The molecule has 0 spiro atoms. The lowest BCUT2D eigenvalue weighted by molar-refractivity contribution is -0.122. The Kier molecular flexibility index (Phi) is 5.83. The van der Waals surface area contributed by atoms with Crippen molar-refractivity contribution in [2.75, 3.05) is 12.4 Å². The fraction of sp³-hybridized carbons (Fsp3) is 0.235. The lowest BCUT2D eigenvalue weighted by atomic mass is 10.2. The van der Waals surface area contributed by atoms with Crippen molar-refractivity contribution in [3.8, 4) is 11.5 Å². The average molecular weight is 364 g/mol. The largest absolute Gasteiger partial charge is 0.497 e. The van der Waals surface area contributed by atoms with Crippen molar-refractivity contribution in [2.45, 2.75) is 19.4 Å². The van der Waals surface area contributed by atoms with E-state index in [9.17, 15) is 4.79 Å². The second-order valence-electron chi connectivity index (χ2n) is 4.69. The van der Waals surface area contributed by atoms with E-state index < -0.39 is 6.10 Å². The zero-order valence-corrected chi connectivity index (χ0v) is 14.1. The molecule has 4 nitrogen and oxygen atoms in total. The Bertz CT molecular complexity index is 611. The number of ether oxygens (including phenoxy) is 2. The van der Waals surface area contributed by atoms with Gasteiger partial charge in [0.1, 0.15) is 11.5 Å². The number of benzene rings is 2. The number of anilines is 1. The number of hydrogen-bond donors (Lipinski definition) is 1. The van der Waals surface area contributed by atoms with Crippen LogP contribution in [0.3, 0.4) is 0 Å². The molecule has 0 radical (unpaired) electrons. The summed E-state index contributed by atoms with van der Waals surface area (Å²) in [5, 5.41) is 2.85. The second kappa shape index (κ2) is 7.84. The summed E-state index contributed by atoms with van der Waals surface area (Å²) in [6, 6.07) is 14.6. The molecule has 0 aromatic heterocycles. The summed E-state index contributed by atoms with van der Waals surface area (Å²) < 4.78 is 11.8. The monoisotopic (exact) mass is 363 g/mol. The van der Waals surface area contributed by atoms with Crippen LogP contribution >= 0.6 is 15.9 Å². The van der Waals surface area contributed by atoms with Crippen LogP contribution in [0.15, 0.2) is 53.0 Å². The molecule has 0 heterocycles. The number of halogens is 1. The van der Waals surface area contributed by atoms with Gasteiger partial charge in [0.2, 0.25) is 0 Å². The smallest absolute Gasteiger partial charge is 0.265 e. The second-order valence-corrected chi connectivity index (χ2v) is 5.60. The number of carbonyl (C=O) groups is 1. The molecule has 0 unspecified atom stereocenters. The van der Waals surface area contributed by atoms with E-state index in [1.165, 1.54) is 0 Å². The quantitative estimate of drug-likeness (QED) is 0.834. The van der Waals surface area contributed by atoms with Gasteiger partial charge in [0.25, 0.3) is 5.91 Å². The molecule has 1 N–H and O–H groups in total. The standard InChI is InChI=1S/C17H18BrNO3/c1-3-16(22-15-10-8-14(21-2)9-11-15)17(20)19-13-6-4-12(18)5-7-13/h4-11,16H,3H2,1-2H3,(H,19,20)/t16-/m0/s1. The predicted octanol–water partition coefficient (Wildman–Crippen LogP) is 4.25. The molecular weight excluding hydrogens is 346 g/mol. The Balaban J connectivity index is 2.00. The molecule has 5 heteroatoms. The van der Waals surface area contributed by atoms with Gasteiger partial charge in [-0.05, 0) is 55.0 Å². The van der Waals surface area contributed by atoms with E-state index in [4.69, 9.17) is 9.47 Å². The number of carbonyl (C=O) groups excluding carboxylic acids is 1. The van der Waals surface area contributed by atoms with Crippen molar-refractivity contribution in [3.63, 3.8) is 0 Å². The molecule has 0 fully saturated rings. The summed E-state index contributed by atoms with van der Waals surface area (Å²) in [5.74, 6) is 1.22. The maximum Gasteiger partial charge on any atom is 0.265 e. The number of nitrogens with one attached hydrogen (secondary N) is 1. The van der Waals surface area contributed by atoms with E-state index in [-0.39, 0.29) is 5.91 Å². The van der Waals surface area contributed by atoms with E-state index in [2.05, 4.69) is 21.2 Å². The molecule has 116 valence electrons. The number of hydrogen-bond acceptors (Lipinski definition) is 3. The molecule has 22 heavy (non-hydrogen) atoms. The van der Waals surface area contributed by atoms with Gasteiger partial charge in [-0.15, -0.1) is 0 Å². The van der Waals surface area contributed by atoms with Gasteiger partial charge in [-0.1, -0.05) is 22.9 Å². The summed E-state index contributed by atoms with van der Waals surface area (Å²) in [6.45, 7) is 1.91. The molecule has 1 amide bonds. The summed E-state index contributed by atoms with van der Waals surface area (Å²) in [4.78, 5) is 12.3. The Morgan fingerprint density at radius 3 is 2.23 bits per heavy atom. The normalized spacial score (nSPS) is 11.6. The number of rotatable bonds is 6. The minimum absolute atomic E-state index is 0.166. The first kappa shape index (κ1) is 16.4. The van der Waals surface area contributed by atoms with Crippen molar-refractivity contribution in [3.05, 3.63) is 53.0 Å². The maximum atomic E-state index is 12.3. The Hall–Kier alpha value is -2.01. The molecule has 0 aliphatic rings. The first-order valence-electron chi connectivity index (χ1n) is 6.99. The van der Waals surface area contributed by atoms with Crippen molar-refractivity contribution in [2.24, 2.45) is 0 Å². The first-order chi connectivity index (χ1) is 10.6. The highest BCUT2D eigenvalue weighted by Gasteiger charge is 2.18. The van der Waals surface area contributed by atoms with E-state index in [0.29, 0.717) is 12.2 Å². The lowest BCUT2D eigenvalue weighted by Gasteiger charge is -2.17. The fourth-order valence-electron chi connectivity index (χ4n) is 1.90. The van der Waals surface area contributed by atoms with Crippen LogP contribution in [-0.2, 0) is 4.79 Å². The van der Waals surface area contributed by atoms with Gasteiger partial charge in [0.15, 0.2) is 6.10 Å². The highest BCUT2D eigenvalue weighted by molar-refractivity contribution is 9.10. The zero-order chi connectivity index (χ0) is 15.9. The van der Waals surface area contributed by atoms with E-state index in [0.717, 1.165) is 15.9 Å². The van der Waals surface area contributed by atoms with Crippen LogP contribution in [0, 0.1) is 0 Å². The Labute approximate surface area is 138 Å². The average Bonchev–Trinajstić information content (AvgIpc) is 2.55.